The maximum atomic E-state index is 5.73. The van der Waals surface area contributed by atoms with Crippen molar-refractivity contribution in [1.82, 2.24) is 10.2 Å². The van der Waals surface area contributed by atoms with E-state index in [0.29, 0.717) is 6.10 Å². The van der Waals surface area contributed by atoms with Gasteiger partial charge in [-0.25, -0.2) is 0 Å². The summed E-state index contributed by atoms with van der Waals surface area (Å²) < 4.78 is 5.73. The van der Waals surface area contributed by atoms with Crippen LogP contribution in [0.25, 0.3) is 0 Å². The number of hydrogen-bond donors (Lipinski definition) is 1. The summed E-state index contributed by atoms with van der Waals surface area (Å²) in [5, 5.41) is 3.44. The van der Waals surface area contributed by atoms with E-state index in [2.05, 4.69) is 49.3 Å². The van der Waals surface area contributed by atoms with Crippen LogP contribution in [-0.4, -0.2) is 37.7 Å². The van der Waals surface area contributed by atoms with Crippen LogP contribution in [0.1, 0.15) is 31.4 Å². The third kappa shape index (κ3) is 4.22. The van der Waals surface area contributed by atoms with E-state index in [0.717, 1.165) is 38.3 Å². The van der Waals surface area contributed by atoms with Crippen LogP contribution in [0.4, 0.5) is 0 Å². The molecule has 2 rings (SSSR count). The van der Waals surface area contributed by atoms with Gasteiger partial charge in [-0.15, -0.1) is 0 Å². The Bertz CT molecular complexity index is 406. The highest BCUT2D eigenvalue weighted by atomic mass is 16.5. The normalized spacial score (nSPS) is 17.6. The first kappa shape index (κ1) is 14.4. The van der Waals surface area contributed by atoms with Crippen molar-refractivity contribution in [3.05, 3.63) is 29.3 Å². The lowest BCUT2D eigenvalue weighted by Gasteiger charge is -2.17. The fourth-order valence-electron chi connectivity index (χ4n) is 2.54. The molecule has 1 aliphatic rings. The van der Waals surface area contributed by atoms with Gasteiger partial charge in [0.25, 0.3) is 0 Å². The Morgan fingerprint density at radius 3 is 3.00 bits per heavy atom. The maximum Gasteiger partial charge on any atom is 0.123 e. The fourth-order valence-corrected chi connectivity index (χ4v) is 2.54. The highest BCUT2D eigenvalue weighted by Gasteiger charge is 2.18. The van der Waals surface area contributed by atoms with Crippen LogP contribution in [0.5, 0.6) is 5.75 Å². The first-order valence-electron chi connectivity index (χ1n) is 7.36. The molecule has 1 N–H and O–H groups in total. The van der Waals surface area contributed by atoms with Gasteiger partial charge in [-0.2, -0.15) is 0 Å². The second kappa shape index (κ2) is 6.92. The van der Waals surface area contributed by atoms with Gasteiger partial charge in [0, 0.05) is 26.1 Å². The average molecular weight is 262 g/mol. The Kier molecular flexibility index (Phi) is 5.23. The third-order valence-electron chi connectivity index (χ3n) is 3.51. The number of fused-ring (bicyclic) bond motifs is 1. The van der Waals surface area contributed by atoms with Crippen LogP contribution in [0, 0.1) is 0 Å². The SMILES string of the molecule is CCCNCCN(C)Cc1ccc2c(c1)CC(C)O2. The standard InChI is InChI=1S/C16H26N2O/c1-4-7-17-8-9-18(3)12-14-5-6-16-15(11-14)10-13(2)19-16/h5-6,11,13,17H,4,7-10,12H2,1-3H3. The first-order chi connectivity index (χ1) is 9.19. The predicted octanol–water partition coefficient (Wildman–Crippen LogP) is 2.44. The molecule has 0 fully saturated rings. The molecule has 0 saturated carbocycles. The molecule has 0 spiro atoms. The minimum atomic E-state index is 0.334. The van der Waals surface area contributed by atoms with E-state index < -0.39 is 0 Å². The van der Waals surface area contributed by atoms with Crippen molar-refractivity contribution < 1.29 is 4.74 Å². The molecular weight excluding hydrogens is 236 g/mol. The minimum absolute atomic E-state index is 0.334. The molecule has 0 radical (unpaired) electrons. The summed E-state index contributed by atoms with van der Waals surface area (Å²) in [4.78, 5) is 2.36. The summed E-state index contributed by atoms with van der Waals surface area (Å²) in [5.41, 5.74) is 2.75. The second-order valence-corrected chi connectivity index (χ2v) is 5.56. The zero-order chi connectivity index (χ0) is 13.7. The smallest absolute Gasteiger partial charge is 0.123 e. The van der Waals surface area contributed by atoms with E-state index in [-0.39, 0.29) is 0 Å². The van der Waals surface area contributed by atoms with E-state index in [1.165, 1.54) is 17.5 Å². The first-order valence-corrected chi connectivity index (χ1v) is 7.36. The predicted molar refractivity (Wildman–Crippen MR) is 79.7 cm³/mol. The molecule has 3 nitrogen and oxygen atoms in total. The van der Waals surface area contributed by atoms with Crippen LogP contribution >= 0.6 is 0 Å². The minimum Gasteiger partial charge on any atom is -0.490 e. The Labute approximate surface area is 116 Å². The lowest BCUT2D eigenvalue weighted by molar-refractivity contribution is 0.254. The lowest BCUT2D eigenvalue weighted by Crippen LogP contribution is -2.29. The monoisotopic (exact) mass is 262 g/mol. The van der Waals surface area contributed by atoms with Gasteiger partial charge in [0.05, 0.1) is 0 Å². The van der Waals surface area contributed by atoms with Crippen molar-refractivity contribution in [2.24, 2.45) is 0 Å². The molecule has 106 valence electrons. The summed E-state index contributed by atoms with van der Waals surface area (Å²) in [5.74, 6) is 1.07. The number of nitrogens with one attached hydrogen (secondary N) is 1. The maximum absolute atomic E-state index is 5.73. The Balaban J connectivity index is 1.81. The van der Waals surface area contributed by atoms with Gasteiger partial charge in [-0.05, 0) is 44.1 Å². The number of nitrogens with zero attached hydrogens (tertiary/aromatic N) is 1. The summed E-state index contributed by atoms with van der Waals surface area (Å²) in [6, 6.07) is 6.61. The molecule has 0 saturated heterocycles. The van der Waals surface area contributed by atoms with Crippen molar-refractivity contribution in [2.45, 2.75) is 39.3 Å². The molecule has 0 bridgehead atoms. The highest BCUT2D eigenvalue weighted by Crippen LogP contribution is 2.29. The highest BCUT2D eigenvalue weighted by molar-refractivity contribution is 5.40. The molecule has 1 aromatic carbocycles. The van der Waals surface area contributed by atoms with Gasteiger partial charge in [0.2, 0.25) is 0 Å². The molecule has 1 unspecified atom stereocenters. The fraction of sp³-hybridized carbons (Fsp3) is 0.625. The molecule has 0 amide bonds. The summed E-state index contributed by atoms with van der Waals surface area (Å²) in [7, 11) is 2.18. The summed E-state index contributed by atoms with van der Waals surface area (Å²) >= 11 is 0. The van der Waals surface area contributed by atoms with Gasteiger partial charge >= 0.3 is 0 Å². The molecule has 19 heavy (non-hydrogen) atoms. The molecule has 1 atom stereocenters. The largest absolute Gasteiger partial charge is 0.490 e. The quantitative estimate of drug-likeness (QED) is 0.764. The van der Waals surface area contributed by atoms with Crippen LogP contribution in [0.15, 0.2) is 18.2 Å². The van der Waals surface area contributed by atoms with Gasteiger partial charge in [0.15, 0.2) is 0 Å². The Hall–Kier alpha value is -1.06. The van der Waals surface area contributed by atoms with Crippen molar-refractivity contribution in [2.75, 3.05) is 26.7 Å². The van der Waals surface area contributed by atoms with Crippen LogP contribution < -0.4 is 10.1 Å². The third-order valence-corrected chi connectivity index (χ3v) is 3.51. The number of benzene rings is 1. The van der Waals surface area contributed by atoms with Gasteiger partial charge in [-0.1, -0.05) is 19.1 Å². The molecule has 1 aliphatic heterocycles. The van der Waals surface area contributed by atoms with E-state index in [1.54, 1.807) is 0 Å². The molecular formula is C16H26N2O. The van der Waals surface area contributed by atoms with Gasteiger partial charge in [-0.3, -0.25) is 0 Å². The summed E-state index contributed by atoms with van der Waals surface area (Å²) in [6.45, 7) is 8.60. The van der Waals surface area contributed by atoms with Crippen LogP contribution in [0.2, 0.25) is 0 Å². The molecule has 1 heterocycles. The lowest BCUT2D eigenvalue weighted by atomic mass is 10.1. The second-order valence-electron chi connectivity index (χ2n) is 5.56. The van der Waals surface area contributed by atoms with Crippen molar-refractivity contribution >= 4 is 0 Å². The zero-order valence-electron chi connectivity index (χ0n) is 12.4. The Morgan fingerprint density at radius 2 is 2.21 bits per heavy atom. The van der Waals surface area contributed by atoms with Gasteiger partial charge < -0.3 is 15.0 Å². The number of rotatable bonds is 7. The van der Waals surface area contributed by atoms with E-state index >= 15 is 0 Å². The molecule has 0 aromatic heterocycles. The van der Waals surface area contributed by atoms with Crippen molar-refractivity contribution in [3.63, 3.8) is 0 Å². The van der Waals surface area contributed by atoms with Crippen LogP contribution in [0.3, 0.4) is 0 Å². The van der Waals surface area contributed by atoms with E-state index in [4.69, 9.17) is 4.74 Å². The van der Waals surface area contributed by atoms with Crippen molar-refractivity contribution in [3.8, 4) is 5.75 Å². The zero-order valence-corrected chi connectivity index (χ0v) is 12.4. The summed E-state index contributed by atoms with van der Waals surface area (Å²) in [6.07, 6.45) is 2.58. The topological polar surface area (TPSA) is 24.5 Å². The molecule has 3 heteroatoms. The Morgan fingerprint density at radius 1 is 1.37 bits per heavy atom. The number of ether oxygens (including phenoxy) is 1. The molecule has 1 aromatic rings. The average Bonchev–Trinajstić information content (AvgIpc) is 2.74. The van der Waals surface area contributed by atoms with E-state index in [9.17, 15) is 0 Å². The van der Waals surface area contributed by atoms with Gasteiger partial charge in [0.1, 0.15) is 11.9 Å². The molecule has 0 aliphatic carbocycles. The van der Waals surface area contributed by atoms with E-state index in [1.807, 2.05) is 0 Å². The van der Waals surface area contributed by atoms with Crippen molar-refractivity contribution in [1.29, 1.82) is 0 Å². The van der Waals surface area contributed by atoms with Crippen LogP contribution in [-0.2, 0) is 13.0 Å². The number of likely N-dealkylation sites (N-methyl/N-ethyl adjacent to an activating group) is 1. The number of hydrogen-bond acceptors (Lipinski definition) is 3.